The highest BCUT2D eigenvalue weighted by molar-refractivity contribution is 5.97. The van der Waals surface area contributed by atoms with Gasteiger partial charge in [-0.15, -0.1) is 0 Å². The summed E-state index contributed by atoms with van der Waals surface area (Å²) in [5.74, 6) is 1.52. The van der Waals surface area contributed by atoms with Crippen molar-refractivity contribution in [3.05, 3.63) is 35.6 Å². The van der Waals surface area contributed by atoms with Crippen LogP contribution in [-0.4, -0.2) is 36.5 Å². The Hall–Kier alpha value is -1.81. The molecule has 3 unspecified atom stereocenters. The molecule has 0 radical (unpaired) electrons. The van der Waals surface area contributed by atoms with Crippen LogP contribution >= 0.6 is 0 Å². The number of furan rings is 1. The second-order valence-corrected chi connectivity index (χ2v) is 6.00. The molecule has 104 valence electrons. The fourth-order valence-corrected chi connectivity index (χ4v) is 3.50. The van der Waals surface area contributed by atoms with Crippen LogP contribution in [0.5, 0.6) is 0 Å². The van der Waals surface area contributed by atoms with Crippen molar-refractivity contribution < 1.29 is 9.21 Å². The SMILES string of the molecule is Cc1cc2ccc(C(=O)NC3CN4CCC3C4)cc2o1. The molecule has 0 spiro atoms. The zero-order valence-corrected chi connectivity index (χ0v) is 11.6. The minimum atomic E-state index is 0.0136. The number of nitrogens with zero attached hydrogens (tertiary/aromatic N) is 1. The maximum Gasteiger partial charge on any atom is 0.251 e. The molecule has 2 bridgehead atoms. The molecule has 0 aliphatic carbocycles. The average molecular weight is 270 g/mol. The van der Waals surface area contributed by atoms with Crippen LogP contribution in [0.3, 0.4) is 0 Å². The summed E-state index contributed by atoms with van der Waals surface area (Å²) in [5.41, 5.74) is 1.47. The molecule has 2 aliphatic heterocycles. The number of nitrogens with one attached hydrogen (secondary N) is 1. The molecule has 4 rings (SSSR count). The summed E-state index contributed by atoms with van der Waals surface area (Å²) in [4.78, 5) is 14.8. The maximum atomic E-state index is 12.4. The zero-order chi connectivity index (χ0) is 13.7. The normalized spacial score (nSPS) is 28.1. The van der Waals surface area contributed by atoms with Crippen LogP contribution in [-0.2, 0) is 0 Å². The number of rotatable bonds is 2. The van der Waals surface area contributed by atoms with Gasteiger partial charge in [0.15, 0.2) is 0 Å². The predicted octanol–water partition coefficient (Wildman–Crippen LogP) is 2.18. The molecule has 2 aliphatic rings. The fraction of sp³-hybridized carbons (Fsp3) is 0.438. The standard InChI is InChI=1S/C16H18N2O2/c1-10-6-11-2-3-12(7-15(11)20-10)16(19)17-14-9-18-5-4-13(14)8-18/h2-3,6-7,13-14H,4-5,8-9H2,1H3,(H,17,19). The summed E-state index contributed by atoms with van der Waals surface area (Å²) in [6.45, 7) is 5.25. The number of carbonyl (C=O) groups is 1. The summed E-state index contributed by atoms with van der Waals surface area (Å²) in [6.07, 6.45) is 1.21. The molecule has 20 heavy (non-hydrogen) atoms. The van der Waals surface area contributed by atoms with E-state index in [-0.39, 0.29) is 5.91 Å². The summed E-state index contributed by atoms with van der Waals surface area (Å²) in [6, 6.07) is 7.96. The largest absolute Gasteiger partial charge is 0.461 e. The van der Waals surface area contributed by atoms with E-state index in [2.05, 4.69) is 10.2 Å². The summed E-state index contributed by atoms with van der Waals surface area (Å²) in [7, 11) is 0. The molecule has 2 saturated heterocycles. The smallest absolute Gasteiger partial charge is 0.251 e. The molecule has 2 fully saturated rings. The average Bonchev–Trinajstić information content (AvgIpc) is 3.10. The van der Waals surface area contributed by atoms with Gasteiger partial charge in [-0.05, 0) is 44.0 Å². The molecule has 2 aromatic rings. The van der Waals surface area contributed by atoms with E-state index in [0.717, 1.165) is 29.8 Å². The van der Waals surface area contributed by atoms with Gasteiger partial charge in [-0.25, -0.2) is 0 Å². The van der Waals surface area contributed by atoms with Crippen LogP contribution in [0.2, 0.25) is 0 Å². The first-order chi connectivity index (χ1) is 9.69. The third-order valence-electron chi connectivity index (χ3n) is 4.55. The van der Waals surface area contributed by atoms with E-state index in [1.807, 2.05) is 31.2 Å². The van der Waals surface area contributed by atoms with Crippen molar-refractivity contribution in [2.24, 2.45) is 5.92 Å². The van der Waals surface area contributed by atoms with Crippen LogP contribution in [0.1, 0.15) is 22.5 Å². The van der Waals surface area contributed by atoms with E-state index in [1.165, 1.54) is 13.0 Å². The van der Waals surface area contributed by atoms with E-state index < -0.39 is 0 Å². The molecular formula is C16H18N2O2. The van der Waals surface area contributed by atoms with Crippen LogP contribution < -0.4 is 5.32 Å². The van der Waals surface area contributed by atoms with E-state index in [9.17, 15) is 4.79 Å². The predicted molar refractivity (Wildman–Crippen MR) is 76.8 cm³/mol. The van der Waals surface area contributed by atoms with Gasteiger partial charge in [-0.2, -0.15) is 0 Å². The third kappa shape index (κ3) is 1.91. The highest BCUT2D eigenvalue weighted by Crippen LogP contribution is 2.28. The van der Waals surface area contributed by atoms with Gasteiger partial charge < -0.3 is 14.6 Å². The number of aryl methyl sites for hydroxylation is 1. The number of amides is 1. The van der Waals surface area contributed by atoms with E-state index in [0.29, 0.717) is 17.5 Å². The monoisotopic (exact) mass is 270 g/mol. The second-order valence-electron chi connectivity index (χ2n) is 6.00. The number of hydrogen-bond acceptors (Lipinski definition) is 3. The Morgan fingerprint density at radius 1 is 1.35 bits per heavy atom. The van der Waals surface area contributed by atoms with Crippen molar-refractivity contribution in [2.45, 2.75) is 19.4 Å². The van der Waals surface area contributed by atoms with Gasteiger partial charge >= 0.3 is 0 Å². The molecule has 3 atom stereocenters. The van der Waals surface area contributed by atoms with Gasteiger partial charge in [0.1, 0.15) is 11.3 Å². The van der Waals surface area contributed by atoms with E-state index in [1.54, 1.807) is 0 Å². The van der Waals surface area contributed by atoms with Crippen molar-refractivity contribution in [3.8, 4) is 0 Å². The van der Waals surface area contributed by atoms with Crippen molar-refractivity contribution in [1.29, 1.82) is 0 Å². The topological polar surface area (TPSA) is 45.5 Å². The Kier molecular flexibility index (Phi) is 2.60. The molecule has 3 heterocycles. The first kappa shape index (κ1) is 12.0. The minimum Gasteiger partial charge on any atom is -0.461 e. The Morgan fingerprint density at radius 2 is 2.25 bits per heavy atom. The second kappa shape index (κ2) is 4.35. The van der Waals surface area contributed by atoms with E-state index >= 15 is 0 Å². The molecular weight excluding hydrogens is 252 g/mol. The van der Waals surface area contributed by atoms with E-state index in [4.69, 9.17) is 4.42 Å². The fourth-order valence-electron chi connectivity index (χ4n) is 3.50. The summed E-state index contributed by atoms with van der Waals surface area (Å²) in [5, 5.41) is 4.22. The Morgan fingerprint density at radius 3 is 3.00 bits per heavy atom. The number of fused-ring (bicyclic) bond motifs is 3. The van der Waals surface area contributed by atoms with Crippen LogP contribution in [0, 0.1) is 12.8 Å². The molecule has 1 aromatic carbocycles. The number of hydrogen-bond donors (Lipinski definition) is 1. The highest BCUT2D eigenvalue weighted by Gasteiger charge is 2.38. The summed E-state index contributed by atoms with van der Waals surface area (Å²) < 4.78 is 5.59. The quantitative estimate of drug-likeness (QED) is 0.909. The lowest BCUT2D eigenvalue weighted by Gasteiger charge is -2.23. The van der Waals surface area contributed by atoms with Gasteiger partial charge in [0, 0.05) is 30.1 Å². The van der Waals surface area contributed by atoms with Crippen LogP contribution in [0.15, 0.2) is 28.7 Å². The highest BCUT2D eigenvalue weighted by atomic mass is 16.3. The minimum absolute atomic E-state index is 0.0136. The Labute approximate surface area is 117 Å². The molecule has 4 nitrogen and oxygen atoms in total. The Bertz CT molecular complexity index is 676. The van der Waals surface area contributed by atoms with Crippen molar-refractivity contribution in [1.82, 2.24) is 10.2 Å². The number of benzene rings is 1. The van der Waals surface area contributed by atoms with Gasteiger partial charge in [0.25, 0.3) is 5.91 Å². The zero-order valence-electron chi connectivity index (χ0n) is 11.6. The first-order valence-electron chi connectivity index (χ1n) is 7.22. The first-order valence-corrected chi connectivity index (χ1v) is 7.22. The summed E-state index contributed by atoms with van der Waals surface area (Å²) >= 11 is 0. The van der Waals surface area contributed by atoms with Gasteiger partial charge in [0.2, 0.25) is 0 Å². The molecule has 1 N–H and O–H groups in total. The van der Waals surface area contributed by atoms with Crippen molar-refractivity contribution in [3.63, 3.8) is 0 Å². The van der Waals surface area contributed by atoms with Crippen LogP contribution in [0.25, 0.3) is 11.0 Å². The molecule has 0 saturated carbocycles. The number of carbonyl (C=O) groups excluding carboxylic acids is 1. The number of piperidine rings is 1. The van der Waals surface area contributed by atoms with Crippen molar-refractivity contribution >= 4 is 16.9 Å². The van der Waals surface area contributed by atoms with Gasteiger partial charge in [-0.3, -0.25) is 4.79 Å². The lowest BCUT2D eigenvalue weighted by atomic mass is 9.99. The lowest BCUT2D eigenvalue weighted by molar-refractivity contribution is 0.0924. The Balaban J connectivity index is 1.54. The third-order valence-corrected chi connectivity index (χ3v) is 4.55. The lowest BCUT2D eigenvalue weighted by Crippen LogP contribution is -2.43. The van der Waals surface area contributed by atoms with Gasteiger partial charge in [-0.1, -0.05) is 6.07 Å². The van der Waals surface area contributed by atoms with Gasteiger partial charge in [0.05, 0.1) is 0 Å². The van der Waals surface area contributed by atoms with Crippen LogP contribution in [0.4, 0.5) is 0 Å². The molecule has 1 aromatic heterocycles. The molecule has 1 amide bonds. The van der Waals surface area contributed by atoms with Crippen molar-refractivity contribution in [2.75, 3.05) is 19.6 Å². The molecule has 4 heteroatoms. The maximum absolute atomic E-state index is 12.4.